The molecular weight excluding hydrogens is 354 g/mol. The van der Waals surface area contributed by atoms with Gasteiger partial charge in [0.1, 0.15) is 12.1 Å². The molecule has 0 radical (unpaired) electrons. The molecule has 2 aromatic carbocycles. The molecule has 0 aliphatic heterocycles. The van der Waals surface area contributed by atoms with Crippen molar-refractivity contribution in [2.75, 3.05) is 5.32 Å². The van der Waals surface area contributed by atoms with Gasteiger partial charge in [-0.2, -0.15) is 0 Å². The average Bonchev–Trinajstić information content (AvgIpc) is 3.22. The number of rotatable bonds is 5. The molecule has 0 fully saturated rings. The lowest BCUT2D eigenvalue weighted by Crippen LogP contribution is -2.05. The lowest BCUT2D eigenvalue weighted by molar-refractivity contribution is 0.0697. The van der Waals surface area contributed by atoms with Crippen LogP contribution in [0.15, 0.2) is 59.4 Å². The van der Waals surface area contributed by atoms with Gasteiger partial charge in [-0.1, -0.05) is 19.1 Å². The van der Waals surface area contributed by atoms with Gasteiger partial charge >= 0.3 is 5.97 Å². The Morgan fingerprint density at radius 1 is 1.11 bits per heavy atom. The van der Waals surface area contributed by atoms with Crippen LogP contribution < -0.4 is 5.32 Å². The minimum atomic E-state index is -0.931. The number of hydrogen-bond donors (Lipinski definition) is 2. The van der Waals surface area contributed by atoms with Crippen molar-refractivity contribution in [2.24, 2.45) is 0 Å². The normalized spacial score (nSPS) is 10.9. The van der Waals surface area contributed by atoms with E-state index in [1.54, 1.807) is 24.7 Å². The van der Waals surface area contributed by atoms with Gasteiger partial charge in [0.05, 0.1) is 17.4 Å². The molecule has 2 heterocycles. The zero-order valence-electron chi connectivity index (χ0n) is 15.6. The summed E-state index contributed by atoms with van der Waals surface area (Å²) in [7, 11) is 0. The van der Waals surface area contributed by atoms with Crippen molar-refractivity contribution in [3.05, 3.63) is 71.8 Å². The number of fused-ring (bicyclic) bond motifs is 1. The Morgan fingerprint density at radius 3 is 2.61 bits per heavy atom. The van der Waals surface area contributed by atoms with E-state index in [9.17, 15) is 4.79 Å². The number of hydrogen-bond acceptors (Lipinski definition) is 5. The molecule has 0 spiro atoms. The molecule has 2 N–H and O–H groups in total. The molecule has 0 amide bonds. The van der Waals surface area contributed by atoms with Gasteiger partial charge in [-0.3, -0.25) is 0 Å². The smallest absolute Gasteiger partial charge is 0.335 e. The highest BCUT2D eigenvalue weighted by molar-refractivity contribution is 5.95. The lowest BCUT2D eigenvalue weighted by atomic mass is 10.1. The summed E-state index contributed by atoms with van der Waals surface area (Å²) in [6.07, 6.45) is 4.03. The predicted octanol–water partition coefficient (Wildman–Crippen LogP) is 5.20. The molecule has 4 rings (SSSR count). The van der Waals surface area contributed by atoms with Gasteiger partial charge in [0.15, 0.2) is 5.82 Å². The topological polar surface area (TPSA) is 88.3 Å². The minimum Gasteiger partial charge on any atom is -0.478 e. The summed E-state index contributed by atoms with van der Waals surface area (Å²) in [5, 5.41) is 14.4. The standard InChI is InChI=1S/C22H19N3O3/c1-3-19-13(2)23-20(17-8-9-28-12-17)25-21(19)24-18-7-6-14-10-16(22(26)27)5-4-15(14)11-18/h4-12H,3H2,1-2H3,(H,26,27)(H,23,24,25). The molecular formula is C22H19N3O3. The summed E-state index contributed by atoms with van der Waals surface area (Å²) in [5.41, 5.74) is 3.95. The van der Waals surface area contributed by atoms with Crippen LogP contribution in [-0.4, -0.2) is 21.0 Å². The van der Waals surface area contributed by atoms with E-state index in [2.05, 4.69) is 17.2 Å². The lowest BCUT2D eigenvalue weighted by Gasteiger charge is -2.14. The number of aromatic nitrogens is 2. The number of anilines is 2. The third-order valence-electron chi connectivity index (χ3n) is 4.70. The van der Waals surface area contributed by atoms with E-state index in [0.29, 0.717) is 5.82 Å². The maximum absolute atomic E-state index is 11.2. The number of carboxylic acid groups (broad SMARTS) is 1. The Labute approximate surface area is 161 Å². The van der Waals surface area contributed by atoms with Gasteiger partial charge in [-0.15, -0.1) is 0 Å². The first kappa shape index (κ1) is 17.7. The van der Waals surface area contributed by atoms with E-state index < -0.39 is 5.97 Å². The summed E-state index contributed by atoms with van der Waals surface area (Å²) < 4.78 is 5.16. The molecule has 0 aliphatic rings. The highest BCUT2D eigenvalue weighted by Gasteiger charge is 2.13. The molecule has 0 saturated heterocycles. The third-order valence-corrected chi connectivity index (χ3v) is 4.70. The van der Waals surface area contributed by atoms with Crippen molar-refractivity contribution < 1.29 is 14.3 Å². The Balaban J connectivity index is 1.73. The highest BCUT2D eigenvalue weighted by atomic mass is 16.4. The number of furan rings is 1. The number of carbonyl (C=O) groups is 1. The highest BCUT2D eigenvalue weighted by Crippen LogP contribution is 2.28. The van der Waals surface area contributed by atoms with Crippen LogP contribution in [0.5, 0.6) is 0 Å². The van der Waals surface area contributed by atoms with E-state index in [1.807, 2.05) is 37.3 Å². The van der Waals surface area contributed by atoms with Crippen molar-refractivity contribution in [1.82, 2.24) is 9.97 Å². The van der Waals surface area contributed by atoms with E-state index in [1.165, 1.54) is 0 Å². The maximum atomic E-state index is 11.2. The summed E-state index contributed by atoms with van der Waals surface area (Å²) in [5.74, 6) is 0.436. The molecule has 28 heavy (non-hydrogen) atoms. The SMILES string of the molecule is CCc1c(C)nc(-c2ccoc2)nc1Nc1ccc2cc(C(=O)O)ccc2c1. The maximum Gasteiger partial charge on any atom is 0.335 e. The fourth-order valence-electron chi connectivity index (χ4n) is 3.24. The molecule has 140 valence electrons. The first-order valence-corrected chi connectivity index (χ1v) is 8.99. The van der Waals surface area contributed by atoms with Crippen LogP contribution in [0.2, 0.25) is 0 Å². The second-order valence-electron chi connectivity index (χ2n) is 6.53. The second-order valence-corrected chi connectivity index (χ2v) is 6.53. The van der Waals surface area contributed by atoms with Gasteiger partial charge in [-0.25, -0.2) is 14.8 Å². The fraction of sp³-hybridized carbons (Fsp3) is 0.136. The van der Waals surface area contributed by atoms with E-state index in [4.69, 9.17) is 14.5 Å². The predicted molar refractivity (Wildman–Crippen MR) is 108 cm³/mol. The summed E-state index contributed by atoms with van der Waals surface area (Å²) >= 11 is 0. The summed E-state index contributed by atoms with van der Waals surface area (Å²) in [6.45, 7) is 4.05. The summed E-state index contributed by atoms with van der Waals surface area (Å²) in [6, 6.07) is 12.7. The van der Waals surface area contributed by atoms with Gasteiger partial charge in [0.25, 0.3) is 0 Å². The van der Waals surface area contributed by atoms with Crippen LogP contribution >= 0.6 is 0 Å². The van der Waals surface area contributed by atoms with Crippen molar-refractivity contribution >= 4 is 28.2 Å². The van der Waals surface area contributed by atoms with Crippen molar-refractivity contribution in [3.63, 3.8) is 0 Å². The average molecular weight is 373 g/mol. The minimum absolute atomic E-state index is 0.276. The monoisotopic (exact) mass is 373 g/mol. The molecule has 6 heteroatoms. The quantitative estimate of drug-likeness (QED) is 0.500. The number of aromatic carboxylic acids is 1. The van der Waals surface area contributed by atoms with Crippen LogP contribution in [0.3, 0.4) is 0 Å². The van der Waals surface area contributed by atoms with Crippen LogP contribution in [0, 0.1) is 6.92 Å². The van der Waals surface area contributed by atoms with Crippen molar-refractivity contribution in [2.45, 2.75) is 20.3 Å². The van der Waals surface area contributed by atoms with Crippen LogP contribution in [0.1, 0.15) is 28.5 Å². The second kappa shape index (κ2) is 7.15. The van der Waals surface area contributed by atoms with Gasteiger partial charge in [-0.05, 0) is 54.4 Å². The van der Waals surface area contributed by atoms with Crippen molar-refractivity contribution in [1.29, 1.82) is 0 Å². The number of nitrogens with zero attached hydrogens (tertiary/aromatic N) is 2. The first-order chi connectivity index (χ1) is 13.5. The van der Waals surface area contributed by atoms with Crippen LogP contribution in [0.4, 0.5) is 11.5 Å². The number of benzene rings is 2. The largest absolute Gasteiger partial charge is 0.478 e. The van der Waals surface area contributed by atoms with E-state index in [0.717, 1.165) is 45.5 Å². The Hall–Kier alpha value is -3.67. The van der Waals surface area contributed by atoms with Gasteiger partial charge in [0.2, 0.25) is 0 Å². The zero-order chi connectivity index (χ0) is 19.7. The fourth-order valence-corrected chi connectivity index (χ4v) is 3.24. The van der Waals surface area contributed by atoms with Gasteiger partial charge < -0.3 is 14.8 Å². The molecule has 0 unspecified atom stereocenters. The molecule has 6 nitrogen and oxygen atoms in total. The molecule has 0 atom stereocenters. The third kappa shape index (κ3) is 3.32. The van der Waals surface area contributed by atoms with Crippen LogP contribution in [-0.2, 0) is 6.42 Å². The van der Waals surface area contributed by atoms with Crippen molar-refractivity contribution in [3.8, 4) is 11.4 Å². The number of nitrogens with one attached hydrogen (secondary N) is 1. The first-order valence-electron chi connectivity index (χ1n) is 8.99. The van der Waals surface area contributed by atoms with Crippen LogP contribution in [0.25, 0.3) is 22.2 Å². The molecule has 2 aromatic heterocycles. The number of carboxylic acids is 1. The summed E-state index contributed by atoms with van der Waals surface area (Å²) in [4.78, 5) is 20.4. The Bertz CT molecular complexity index is 1170. The van der Waals surface area contributed by atoms with E-state index >= 15 is 0 Å². The van der Waals surface area contributed by atoms with Gasteiger partial charge in [0, 0.05) is 16.9 Å². The molecule has 4 aromatic rings. The molecule has 0 saturated carbocycles. The Morgan fingerprint density at radius 2 is 1.89 bits per heavy atom. The Kier molecular flexibility index (Phi) is 4.53. The molecule has 0 aliphatic carbocycles. The number of aryl methyl sites for hydroxylation is 1. The van der Waals surface area contributed by atoms with E-state index in [-0.39, 0.29) is 5.56 Å². The molecule has 0 bridgehead atoms. The zero-order valence-corrected chi connectivity index (χ0v) is 15.6.